The second kappa shape index (κ2) is 7.46. The normalized spacial score (nSPS) is 12.3. The summed E-state index contributed by atoms with van der Waals surface area (Å²) in [5.41, 5.74) is 1.26. The number of amides is 1. The summed E-state index contributed by atoms with van der Waals surface area (Å²) in [6.45, 7) is 4.75. The number of hydrogen-bond donors (Lipinski definition) is 0. The Balaban J connectivity index is 2.16. The van der Waals surface area contributed by atoms with Gasteiger partial charge in [0, 0.05) is 31.8 Å². The molecule has 0 saturated carbocycles. The van der Waals surface area contributed by atoms with Crippen LogP contribution >= 0.6 is 11.3 Å². The van der Waals surface area contributed by atoms with Crippen LogP contribution in [0.5, 0.6) is 0 Å². The van der Waals surface area contributed by atoms with Crippen LogP contribution in [0.15, 0.2) is 23.3 Å². The van der Waals surface area contributed by atoms with E-state index in [1.165, 1.54) is 10.7 Å². The van der Waals surface area contributed by atoms with E-state index in [0.29, 0.717) is 35.7 Å². The third-order valence-electron chi connectivity index (χ3n) is 3.88. The maximum atomic E-state index is 14.3. The maximum Gasteiger partial charge on any atom is 0.298 e. The lowest BCUT2D eigenvalue weighted by atomic mass is 10.3. The fourth-order valence-electron chi connectivity index (χ4n) is 2.72. The minimum atomic E-state index is -0.696. The molecule has 0 unspecified atom stereocenters. The van der Waals surface area contributed by atoms with Crippen molar-refractivity contribution in [2.75, 3.05) is 13.2 Å². The highest BCUT2D eigenvalue weighted by atomic mass is 32.1. The van der Waals surface area contributed by atoms with Crippen LogP contribution in [0.1, 0.15) is 23.0 Å². The smallest absolute Gasteiger partial charge is 0.298 e. The minimum Gasteiger partial charge on any atom is -0.380 e. The number of carbonyl (C=O) groups excluding carboxylic acids is 1. The van der Waals surface area contributed by atoms with Crippen LogP contribution in [0.25, 0.3) is 10.2 Å². The SMILES string of the molecule is CCOCCn1c(=NC(=O)c2c(C)cnn2C)sc2cc(F)cc(F)c21. The second-order valence-electron chi connectivity index (χ2n) is 5.68. The first-order chi connectivity index (χ1) is 12.4. The summed E-state index contributed by atoms with van der Waals surface area (Å²) in [6.07, 6.45) is 1.58. The molecule has 0 aliphatic rings. The van der Waals surface area contributed by atoms with Crippen molar-refractivity contribution in [2.24, 2.45) is 12.0 Å². The fourth-order valence-corrected chi connectivity index (χ4v) is 3.81. The number of ether oxygens (including phenoxy) is 1. The molecule has 0 atom stereocenters. The zero-order chi connectivity index (χ0) is 18.8. The first kappa shape index (κ1) is 18.4. The Morgan fingerprint density at radius 3 is 2.81 bits per heavy atom. The number of hydrogen-bond acceptors (Lipinski definition) is 4. The summed E-state index contributed by atoms with van der Waals surface area (Å²) in [6, 6.07) is 2.06. The molecule has 0 spiro atoms. The molecule has 0 saturated heterocycles. The lowest BCUT2D eigenvalue weighted by Crippen LogP contribution is -2.21. The second-order valence-corrected chi connectivity index (χ2v) is 6.69. The summed E-state index contributed by atoms with van der Waals surface area (Å²) in [7, 11) is 1.65. The molecule has 0 aliphatic heterocycles. The van der Waals surface area contributed by atoms with E-state index in [0.717, 1.165) is 17.4 Å². The summed E-state index contributed by atoms with van der Waals surface area (Å²) in [4.78, 5) is 17.0. The Morgan fingerprint density at radius 1 is 1.38 bits per heavy atom. The van der Waals surface area contributed by atoms with Crippen LogP contribution in [0.3, 0.4) is 0 Å². The Hall–Kier alpha value is -2.39. The lowest BCUT2D eigenvalue weighted by Gasteiger charge is -2.06. The molecule has 26 heavy (non-hydrogen) atoms. The number of carbonyl (C=O) groups is 1. The average molecular weight is 380 g/mol. The van der Waals surface area contributed by atoms with Crippen LogP contribution in [-0.4, -0.2) is 33.5 Å². The van der Waals surface area contributed by atoms with Gasteiger partial charge in [0.2, 0.25) is 0 Å². The van der Waals surface area contributed by atoms with Crippen LogP contribution in [0.2, 0.25) is 0 Å². The van der Waals surface area contributed by atoms with Crippen LogP contribution in [-0.2, 0) is 18.3 Å². The standard InChI is InChI=1S/C17H18F2N4O2S/c1-4-25-6-5-23-15-12(19)7-11(18)8-13(15)26-17(23)21-16(24)14-10(2)9-20-22(14)3/h7-9H,4-6H2,1-3H3. The molecular weight excluding hydrogens is 362 g/mol. The molecule has 138 valence electrons. The average Bonchev–Trinajstić information content (AvgIpc) is 3.07. The lowest BCUT2D eigenvalue weighted by molar-refractivity contribution is 0.0987. The molecule has 3 rings (SSSR count). The monoisotopic (exact) mass is 380 g/mol. The molecule has 2 aromatic heterocycles. The molecule has 9 heteroatoms. The van der Waals surface area contributed by atoms with Crippen molar-refractivity contribution < 1.29 is 18.3 Å². The Kier molecular flexibility index (Phi) is 5.28. The van der Waals surface area contributed by atoms with E-state index in [4.69, 9.17) is 4.74 Å². The summed E-state index contributed by atoms with van der Waals surface area (Å²) in [5, 5.41) is 4.03. The highest BCUT2D eigenvalue weighted by Crippen LogP contribution is 2.22. The fraction of sp³-hybridized carbons (Fsp3) is 0.353. The molecular formula is C17H18F2N4O2S. The number of fused-ring (bicyclic) bond motifs is 1. The molecule has 3 aromatic rings. The van der Waals surface area contributed by atoms with Gasteiger partial charge in [0.25, 0.3) is 5.91 Å². The van der Waals surface area contributed by atoms with Gasteiger partial charge in [-0.25, -0.2) is 8.78 Å². The first-order valence-electron chi connectivity index (χ1n) is 8.06. The third kappa shape index (κ3) is 3.45. The predicted octanol–water partition coefficient (Wildman–Crippen LogP) is 2.80. The number of nitrogens with zero attached hydrogens (tertiary/aromatic N) is 4. The molecule has 1 amide bonds. The first-order valence-corrected chi connectivity index (χ1v) is 8.87. The Labute approximate surface area is 152 Å². The van der Waals surface area contributed by atoms with Crippen molar-refractivity contribution >= 4 is 27.5 Å². The molecule has 0 fully saturated rings. The predicted molar refractivity (Wildman–Crippen MR) is 94.1 cm³/mol. The van der Waals surface area contributed by atoms with E-state index in [9.17, 15) is 13.6 Å². The quantitative estimate of drug-likeness (QED) is 0.640. The Morgan fingerprint density at radius 2 is 2.15 bits per heavy atom. The zero-order valence-corrected chi connectivity index (χ0v) is 15.4. The molecule has 0 N–H and O–H groups in total. The van der Waals surface area contributed by atoms with Crippen molar-refractivity contribution in [1.82, 2.24) is 14.3 Å². The third-order valence-corrected chi connectivity index (χ3v) is 4.91. The van der Waals surface area contributed by atoms with Gasteiger partial charge in [-0.3, -0.25) is 9.48 Å². The minimum absolute atomic E-state index is 0.212. The number of thiazole rings is 1. The molecule has 0 bridgehead atoms. The van der Waals surface area contributed by atoms with Crippen molar-refractivity contribution in [1.29, 1.82) is 0 Å². The van der Waals surface area contributed by atoms with E-state index in [1.807, 2.05) is 6.92 Å². The largest absolute Gasteiger partial charge is 0.380 e. The highest BCUT2D eigenvalue weighted by Gasteiger charge is 2.17. The molecule has 0 aliphatic carbocycles. The van der Waals surface area contributed by atoms with Crippen LogP contribution < -0.4 is 4.80 Å². The molecule has 0 radical (unpaired) electrons. The zero-order valence-electron chi connectivity index (χ0n) is 14.6. The number of benzene rings is 1. The van der Waals surface area contributed by atoms with Crippen molar-refractivity contribution in [3.05, 3.63) is 46.0 Å². The van der Waals surface area contributed by atoms with Gasteiger partial charge in [0.05, 0.1) is 23.0 Å². The van der Waals surface area contributed by atoms with E-state index >= 15 is 0 Å². The summed E-state index contributed by atoms with van der Waals surface area (Å²) < 4.78 is 36.6. The van der Waals surface area contributed by atoms with E-state index in [1.54, 1.807) is 24.7 Å². The molecule has 1 aromatic carbocycles. The van der Waals surface area contributed by atoms with Crippen LogP contribution in [0, 0.1) is 18.6 Å². The van der Waals surface area contributed by atoms with Crippen LogP contribution in [0.4, 0.5) is 8.78 Å². The highest BCUT2D eigenvalue weighted by molar-refractivity contribution is 7.16. The summed E-state index contributed by atoms with van der Waals surface area (Å²) in [5.74, 6) is -1.85. The maximum absolute atomic E-state index is 14.3. The van der Waals surface area contributed by atoms with Gasteiger partial charge in [0.15, 0.2) is 10.6 Å². The van der Waals surface area contributed by atoms with E-state index in [-0.39, 0.29) is 10.3 Å². The molecule has 6 nitrogen and oxygen atoms in total. The van der Waals surface area contributed by atoms with Gasteiger partial charge in [-0.2, -0.15) is 10.1 Å². The van der Waals surface area contributed by atoms with E-state index < -0.39 is 17.5 Å². The van der Waals surface area contributed by atoms with Gasteiger partial charge in [-0.05, 0) is 19.9 Å². The Bertz CT molecular complexity index is 1020. The number of aryl methyl sites for hydroxylation is 2. The number of halogens is 2. The number of rotatable bonds is 5. The van der Waals surface area contributed by atoms with E-state index in [2.05, 4.69) is 10.1 Å². The number of aromatic nitrogens is 3. The van der Waals surface area contributed by atoms with Gasteiger partial charge in [0.1, 0.15) is 11.5 Å². The van der Waals surface area contributed by atoms with Gasteiger partial charge in [-0.1, -0.05) is 11.3 Å². The summed E-state index contributed by atoms with van der Waals surface area (Å²) >= 11 is 1.06. The molecule has 2 heterocycles. The van der Waals surface area contributed by atoms with Crippen molar-refractivity contribution in [2.45, 2.75) is 20.4 Å². The topological polar surface area (TPSA) is 61.4 Å². The van der Waals surface area contributed by atoms with Gasteiger partial charge < -0.3 is 9.30 Å². The van der Waals surface area contributed by atoms with Gasteiger partial charge >= 0.3 is 0 Å². The van der Waals surface area contributed by atoms with Gasteiger partial charge in [-0.15, -0.1) is 0 Å². The van der Waals surface area contributed by atoms with Crippen molar-refractivity contribution in [3.63, 3.8) is 0 Å². The van der Waals surface area contributed by atoms with Crippen molar-refractivity contribution in [3.8, 4) is 0 Å².